The second-order valence-electron chi connectivity index (χ2n) is 6.48. The number of hydrogen-bond donors (Lipinski definition) is 1. The fourth-order valence-electron chi connectivity index (χ4n) is 3.11. The van der Waals surface area contributed by atoms with Crippen molar-refractivity contribution in [2.24, 2.45) is 5.92 Å². The molecule has 26 heavy (non-hydrogen) atoms. The van der Waals surface area contributed by atoms with Crippen LogP contribution in [0.15, 0.2) is 42.5 Å². The second-order valence-corrected chi connectivity index (χ2v) is 6.48. The van der Waals surface area contributed by atoms with Gasteiger partial charge in [-0.05, 0) is 48.7 Å². The van der Waals surface area contributed by atoms with Crippen molar-refractivity contribution in [2.45, 2.75) is 20.3 Å². The molecule has 2 amide bonds. The zero-order valence-electron chi connectivity index (χ0n) is 14.6. The van der Waals surface area contributed by atoms with Crippen LogP contribution in [0.4, 0.5) is 11.4 Å². The number of carbonyl (C=O) groups is 3. The molecule has 1 saturated heterocycles. The van der Waals surface area contributed by atoms with E-state index in [1.54, 1.807) is 11.0 Å². The number of anilines is 2. The van der Waals surface area contributed by atoms with Gasteiger partial charge in [0.15, 0.2) is 0 Å². The molecule has 0 saturated carbocycles. The van der Waals surface area contributed by atoms with Crippen LogP contribution in [0.3, 0.4) is 0 Å². The summed E-state index contributed by atoms with van der Waals surface area (Å²) in [5.74, 6) is -2.20. The summed E-state index contributed by atoms with van der Waals surface area (Å²) < 4.78 is 0. The molecule has 1 heterocycles. The van der Waals surface area contributed by atoms with Gasteiger partial charge < -0.3 is 20.1 Å². The zero-order valence-corrected chi connectivity index (χ0v) is 14.6. The van der Waals surface area contributed by atoms with E-state index < -0.39 is 11.9 Å². The first-order chi connectivity index (χ1) is 12.4. The van der Waals surface area contributed by atoms with Crippen LogP contribution in [0.25, 0.3) is 0 Å². The van der Waals surface area contributed by atoms with Crippen LogP contribution < -0.4 is 15.3 Å². The molecule has 6 nitrogen and oxygen atoms in total. The molecule has 6 heteroatoms. The Morgan fingerprint density at radius 1 is 1.15 bits per heavy atom. The van der Waals surface area contributed by atoms with Gasteiger partial charge in [0.25, 0.3) is 0 Å². The van der Waals surface area contributed by atoms with Gasteiger partial charge in [0, 0.05) is 24.3 Å². The molecule has 0 spiro atoms. The highest BCUT2D eigenvalue weighted by Gasteiger charge is 2.35. The van der Waals surface area contributed by atoms with Crippen LogP contribution in [0.2, 0.25) is 0 Å². The molecule has 0 aliphatic carbocycles. The Morgan fingerprint density at radius 2 is 1.88 bits per heavy atom. The standard InChI is InChI=1S/C20H20N2O4/c1-12-5-3-8-17(13(12)2)22-11-15(10-18(22)23)19(24)21-16-7-4-6-14(9-16)20(25)26/h3-9,15H,10-11H2,1-2H3,(H,21,24)(H,25,26)/p-1/t15-/m1/s1. The SMILES string of the molecule is Cc1cccc(N2C[C@H](C(=O)Nc3cccc(C(=O)[O-])c3)CC2=O)c1C. The molecule has 1 N–H and O–H groups in total. The van der Waals surface area contributed by atoms with Crippen molar-refractivity contribution in [3.05, 3.63) is 59.2 Å². The van der Waals surface area contributed by atoms with E-state index in [2.05, 4.69) is 5.32 Å². The Balaban J connectivity index is 1.74. The molecule has 0 aromatic heterocycles. The monoisotopic (exact) mass is 351 g/mol. The first-order valence-electron chi connectivity index (χ1n) is 8.35. The maximum Gasteiger partial charge on any atom is 0.229 e. The number of benzene rings is 2. The van der Waals surface area contributed by atoms with Crippen molar-refractivity contribution in [2.75, 3.05) is 16.8 Å². The number of aromatic carboxylic acids is 1. The van der Waals surface area contributed by atoms with Gasteiger partial charge >= 0.3 is 0 Å². The Kier molecular flexibility index (Phi) is 4.75. The van der Waals surface area contributed by atoms with Gasteiger partial charge in [-0.15, -0.1) is 0 Å². The van der Waals surface area contributed by atoms with Gasteiger partial charge in [-0.3, -0.25) is 9.59 Å². The minimum atomic E-state index is -1.31. The number of rotatable bonds is 4. The Bertz CT molecular complexity index is 891. The maximum absolute atomic E-state index is 12.5. The molecule has 1 fully saturated rings. The number of hydrogen-bond acceptors (Lipinski definition) is 4. The summed E-state index contributed by atoms with van der Waals surface area (Å²) in [6.45, 7) is 4.24. The second kappa shape index (κ2) is 7.00. The highest BCUT2D eigenvalue weighted by atomic mass is 16.4. The molecule has 2 aromatic rings. The number of nitrogens with zero attached hydrogens (tertiary/aromatic N) is 1. The first kappa shape index (κ1) is 17.7. The van der Waals surface area contributed by atoms with Crippen LogP contribution >= 0.6 is 0 Å². The average molecular weight is 351 g/mol. The molecule has 2 aromatic carbocycles. The highest BCUT2D eigenvalue weighted by molar-refractivity contribution is 6.04. The third-order valence-electron chi connectivity index (χ3n) is 4.73. The van der Waals surface area contributed by atoms with Crippen molar-refractivity contribution >= 4 is 29.2 Å². The Morgan fingerprint density at radius 3 is 2.62 bits per heavy atom. The fourth-order valence-corrected chi connectivity index (χ4v) is 3.11. The van der Waals surface area contributed by atoms with Crippen LogP contribution in [0.1, 0.15) is 27.9 Å². The largest absolute Gasteiger partial charge is 0.545 e. The molecule has 3 rings (SSSR count). The fraction of sp³-hybridized carbons (Fsp3) is 0.250. The lowest BCUT2D eigenvalue weighted by atomic mass is 10.1. The van der Waals surface area contributed by atoms with E-state index in [1.165, 1.54) is 18.2 Å². The molecule has 0 radical (unpaired) electrons. The molecule has 1 aliphatic rings. The van der Waals surface area contributed by atoms with Crippen LogP contribution in [0, 0.1) is 19.8 Å². The predicted octanol–water partition coefficient (Wildman–Crippen LogP) is 1.66. The van der Waals surface area contributed by atoms with Gasteiger partial charge in [-0.25, -0.2) is 0 Å². The minimum absolute atomic E-state index is 0.0117. The van der Waals surface area contributed by atoms with Gasteiger partial charge in [-0.2, -0.15) is 0 Å². The normalized spacial score (nSPS) is 16.6. The average Bonchev–Trinajstić information content (AvgIpc) is 2.99. The summed E-state index contributed by atoms with van der Waals surface area (Å²) in [5, 5.41) is 13.6. The lowest BCUT2D eigenvalue weighted by Crippen LogP contribution is -2.29. The predicted molar refractivity (Wildman–Crippen MR) is 95.8 cm³/mol. The molecule has 1 aliphatic heterocycles. The summed E-state index contributed by atoms with van der Waals surface area (Å²) in [6, 6.07) is 11.6. The maximum atomic E-state index is 12.5. The highest BCUT2D eigenvalue weighted by Crippen LogP contribution is 2.30. The van der Waals surface area contributed by atoms with Crippen molar-refractivity contribution in [1.29, 1.82) is 0 Å². The van der Waals surface area contributed by atoms with E-state index in [0.717, 1.165) is 16.8 Å². The van der Waals surface area contributed by atoms with Gasteiger partial charge in [0.1, 0.15) is 0 Å². The zero-order chi connectivity index (χ0) is 18.8. The van der Waals surface area contributed by atoms with Crippen molar-refractivity contribution in [3.8, 4) is 0 Å². The number of carboxylic acids is 1. The summed E-state index contributed by atoms with van der Waals surface area (Å²) >= 11 is 0. The van der Waals surface area contributed by atoms with E-state index in [1.807, 2.05) is 32.0 Å². The number of aryl methyl sites for hydroxylation is 1. The van der Waals surface area contributed by atoms with Crippen molar-refractivity contribution in [3.63, 3.8) is 0 Å². The Hall–Kier alpha value is -3.15. The van der Waals surface area contributed by atoms with Crippen molar-refractivity contribution < 1.29 is 19.5 Å². The third-order valence-corrected chi connectivity index (χ3v) is 4.73. The van der Waals surface area contributed by atoms with E-state index in [0.29, 0.717) is 12.2 Å². The molecular weight excluding hydrogens is 332 g/mol. The third kappa shape index (κ3) is 3.44. The van der Waals surface area contributed by atoms with Gasteiger partial charge in [0.05, 0.1) is 11.9 Å². The quantitative estimate of drug-likeness (QED) is 0.907. The molecular formula is C20H19N2O4-. The lowest BCUT2D eigenvalue weighted by molar-refractivity contribution is -0.255. The lowest BCUT2D eigenvalue weighted by Gasteiger charge is -2.20. The topological polar surface area (TPSA) is 89.5 Å². The summed E-state index contributed by atoms with van der Waals surface area (Å²) in [5.41, 5.74) is 3.28. The van der Waals surface area contributed by atoms with Gasteiger partial charge in [0.2, 0.25) is 11.8 Å². The number of nitrogens with one attached hydrogen (secondary N) is 1. The van der Waals surface area contributed by atoms with Crippen LogP contribution in [-0.4, -0.2) is 24.3 Å². The summed E-state index contributed by atoms with van der Waals surface area (Å²) in [6.07, 6.45) is 0.124. The van der Waals surface area contributed by atoms with E-state index in [4.69, 9.17) is 0 Å². The first-order valence-corrected chi connectivity index (χ1v) is 8.35. The molecule has 0 unspecified atom stereocenters. The molecule has 134 valence electrons. The number of carbonyl (C=O) groups excluding carboxylic acids is 3. The van der Waals surface area contributed by atoms with Gasteiger partial charge in [-0.1, -0.05) is 24.3 Å². The van der Waals surface area contributed by atoms with E-state index in [9.17, 15) is 19.5 Å². The number of carboxylic acid groups (broad SMARTS) is 1. The molecule has 1 atom stereocenters. The smallest absolute Gasteiger partial charge is 0.229 e. The van der Waals surface area contributed by atoms with Crippen LogP contribution in [-0.2, 0) is 9.59 Å². The van der Waals surface area contributed by atoms with E-state index >= 15 is 0 Å². The summed E-state index contributed by atoms with van der Waals surface area (Å²) in [4.78, 5) is 37.5. The summed E-state index contributed by atoms with van der Waals surface area (Å²) in [7, 11) is 0. The van der Waals surface area contributed by atoms with E-state index in [-0.39, 0.29) is 23.8 Å². The van der Waals surface area contributed by atoms with Crippen molar-refractivity contribution in [1.82, 2.24) is 0 Å². The molecule has 0 bridgehead atoms. The van der Waals surface area contributed by atoms with Crippen LogP contribution in [0.5, 0.6) is 0 Å². The Labute approximate surface area is 151 Å². The number of amides is 2. The minimum Gasteiger partial charge on any atom is -0.545 e.